The lowest BCUT2D eigenvalue weighted by Gasteiger charge is -2.17. The molecule has 3 aromatic rings. The van der Waals surface area contributed by atoms with Crippen LogP contribution in [0.3, 0.4) is 0 Å². The predicted octanol–water partition coefficient (Wildman–Crippen LogP) is 3.45. The second kappa shape index (κ2) is 8.78. The molecule has 1 saturated heterocycles. The SMILES string of the molecule is CN(Cc1nc(-c2cccc(Cl)c2)no1)C(=O)c1ccc(S(=O)(=O)N2CCCC2)cc1. The normalized spacial score (nSPS) is 14.6. The molecule has 8 nitrogen and oxygen atoms in total. The van der Waals surface area contributed by atoms with Crippen molar-refractivity contribution in [2.75, 3.05) is 20.1 Å². The molecular formula is C21H21ClN4O4S. The minimum absolute atomic E-state index is 0.111. The smallest absolute Gasteiger partial charge is 0.254 e. The average molecular weight is 461 g/mol. The zero-order valence-electron chi connectivity index (χ0n) is 16.9. The predicted molar refractivity (Wildman–Crippen MR) is 115 cm³/mol. The Bertz CT molecular complexity index is 1190. The number of rotatable bonds is 6. The number of benzene rings is 2. The number of hydrogen-bond acceptors (Lipinski definition) is 6. The first-order chi connectivity index (χ1) is 14.8. The molecule has 0 unspecified atom stereocenters. The number of amides is 1. The molecule has 0 N–H and O–H groups in total. The van der Waals surface area contributed by atoms with Gasteiger partial charge in [0, 0.05) is 36.3 Å². The number of halogens is 1. The Balaban J connectivity index is 1.44. The van der Waals surface area contributed by atoms with E-state index in [0.717, 1.165) is 12.8 Å². The Morgan fingerprint density at radius 1 is 1.16 bits per heavy atom. The number of sulfonamides is 1. The summed E-state index contributed by atoms with van der Waals surface area (Å²) in [5.74, 6) is 0.376. The number of carbonyl (C=O) groups excluding carboxylic acids is 1. The van der Waals surface area contributed by atoms with Gasteiger partial charge in [-0.3, -0.25) is 4.79 Å². The summed E-state index contributed by atoms with van der Waals surface area (Å²) in [4.78, 5) is 18.7. The molecule has 0 radical (unpaired) electrons. The summed E-state index contributed by atoms with van der Waals surface area (Å²) >= 11 is 5.99. The number of nitrogens with zero attached hydrogens (tertiary/aromatic N) is 4. The summed E-state index contributed by atoms with van der Waals surface area (Å²) in [5, 5.41) is 4.50. The Labute approximate surface area is 185 Å². The van der Waals surface area contributed by atoms with Crippen LogP contribution in [0.2, 0.25) is 5.02 Å². The van der Waals surface area contributed by atoms with Crippen LogP contribution >= 0.6 is 11.6 Å². The third-order valence-corrected chi connectivity index (χ3v) is 7.22. The number of carbonyl (C=O) groups is 1. The standard InChI is InChI=1S/C21H21ClN4O4S/c1-25(14-19-23-20(24-30-19)16-5-4-6-17(22)13-16)21(27)15-7-9-18(10-8-15)31(28,29)26-11-2-3-12-26/h4-10,13H,2-3,11-12,14H2,1H3. The third kappa shape index (κ3) is 4.63. The van der Waals surface area contributed by atoms with Crippen molar-refractivity contribution in [2.45, 2.75) is 24.3 Å². The van der Waals surface area contributed by atoms with Gasteiger partial charge in [0.1, 0.15) is 0 Å². The Hall–Kier alpha value is -2.75. The molecular weight excluding hydrogens is 440 g/mol. The zero-order valence-corrected chi connectivity index (χ0v) is 18.4. The van der Waals surface area contributed by atoms with Gasteiger partial charge in [-0.2, -0.15) is 9.29 Å². The van der Waals surface area contributed by atoms with Crippen molar-refractivity contribution >= 4 is 27.5 Å². The van der Waals surface area contributed by atoms with Crippen LogP contribution in [0.5, 0.6) is 0 Å². The minimum Gasteiger partial charge on any atom is -0.337 e. The number of hydrogen-bond donors (Lipinski definition) is 0. The Kier molecular flexibility index (Phi) is 6.08. The molecule has 1 fully saturated rings. The van der Waals surface area contributed by atoms with Gasteiger partial charge in [0.15, 0.2) is 0 Å². The fourth-order valence-electron chi connectivity index (χ4n) is 3.41. The van der Waals surface area contributed by atoms with Gasteiger partial charge in [-0.25, -0.2) is 8.42 Å². The first kappa shape index (κ1) is 21.5. The molecule has 2 aromatic carbocycles. The summed E-state index contributed by atoms with van der Waals surface area (Å²) in [6, 6.07) is 13.1. The van der Waals surface area contributed by atoms with Crippen LogP contribution in [-0.2, 0) is 16.6 Å². The summed E-state index contributed by atoms with van der Waals surface area (Å²) in [6.07, 6.45) is 1.74. The van der Waals surface area contributed by atoms with E-state index in [1.165, 1.54) is 33.5 Å². The van der Waals surface area contributed by atoms with E-state index in [2.05, 4.69) is 10.1 Å². The third-order valence-electron chi connectivity index (χ3n) is 5.07. The largest absolute Gasteiger partial charge is 0.337 e. The van der Waals surface area contributed by atoms with Crippen molar-refractivity contribution in [1.82, 2.24) is 19.3 Å². The molecule has 2 heterocycles. The van der Waals surface area contributed by atoms with Crippen molar-refractivity contribution in [3.8, 4) is 11.4 Å². The Morgan fingerprint density at radius 2 is 1.87 bits per heavy atom. The fourth-order valence-corrected chi connectivity index (χ4v) is 5.11. The molecule has 0 aliphatic carbocycles. The maximum atomic E-state index is 12.7. The lowest BCUT2D eigenvalue weighted by Crippen LogP contribution is -2.28. The fraction of sp³-hybridized carbons (Fsp3) is 0.286. The van der Waals surface area contributed by atoms with E-state index in [0.29, 0.717) is 35.1 Å². The lowest BCUT2D eigenvalue weighted by molar-refractivity contribution is 0.0769. The van der Waals surface area contributed by atoms with Gasteiger partial charge < -0.3 is 9.42 Å². The van der Waals surface area contributed by atoms with Gasteiger partial charge in [0.2, 0.25) is 21.7 Å². The van der Waals surface area contributed by atoms with Gasteiger partial charge in [-0.15, -0.1) is 0 Å². The van der Waals surface area contributed by atoms with Crippen LogP contribution in [0.15, 0.2) is 57.9 Å². The summed E-state index contributed by atoms with van der Waals surface area (Å²) < 4.78 is 32.0. The van der Waals surface area contributed by atoms with E-state index in [4.69, 9.17) is 16.1 Å². The molecule has 0 spiro atoms. The second-order valence-electron chi connectivity index (χ2n) is 7.32. The highest BCUT2D eigenvalue weighted by Gasteiger charge is 2.27. The van der Waals surface area contributed by atoms with Gasteiger partial charge in [-0.05, 0) is 49.2 Å². The van der Waals surface area contributed by atoms with Crippen LogP contribution in [0.1, 0.15) is 29.1 Å². The van der Waals surface area contributed by atoms with Gasteiger partial charge in [0.05, 0.1) is 11.4 Å². The van der Waals surface area contributed by atoms with Crippen LogP contribution in [0.4, 0.5) is 0 Å². The molecule has 10 heteroatoms. The van der Waals surface area contributed by atoms with Gasteiger partial charge in [-0.1, -0.05) is 28.9 Å². The van der Waals surface area contributed by atoms with E-state index in [1.807, 2.05) is 6.07 Å². The van der Waals surface area contributed by atoms with Crippen LogP contribution in [0.25, 0.3) is 11.4 Å². The molecule has 31 heavy (non-hydrogen) atoms. The molecule has 0 bridgehead atoms. The van der Waals surface area contributed by atoms with Crippen molar-refractivity contribution in [3.63, 3.8) is 0 Å². The lowest BCUT2D eigenvalue weighted by atomic mass is 10.2. The molecule has 1 aliphatic rings. The Morgan fingerprint density at radius 3 is 2.55 bits per heavy atom. The molecule has 0 saturated carbocycles. The molecule has 1 amide bonds. The zero-order chi connectivity index (χ0) is 22.0. The number of aromatic nitrogens is 2. The molecule has 1 aromatic heterocycles. The highest BCUT2D eigenvalue weighted by atomic mass is 35.5. The maximum absolute atomic E-state index is 12.7. The van der Waals surface area contributed by atoms with Crippen molar-refractivity contribution < 1.29 is 17.7 Å². The van der Waals surface area contributed by atoms with E-state index < -0.39 is 10.0 Å². The second-order valence-corrected chi connectivity index (χ2v) is 9.69. The maximum Gasteiger partial charge on any atom is 0.254 e. The summed E-state index contributed by atoms with van der Waals surface area (Å²) in [5.41, 5.74) is 1.09. The van der Waals surface area contributed by atoms with Gasteiger partial charge in [0.25, 0.3) is 5.91 Å². The van der Waals surface area contributed by atoms with Gasteiger partial charge >= 0.3 is 0 Å². The highest BCUT2D eigenvalue weighted by molar-refractivity contribution is 7.89. The molecule has 1 aliphatic heterocycles. The monoisotopic (exact) mass is 460 g/mol. The summed E-state index contributed by atoms with van der Waals surface area (Å²) in [7, 11) is -1.90. The summed E-state index contributed by atoms with van der Waals surface area (Å²) in [6.45, 7) is 1.18. The topological polar surface area (TPSA) is 96.6 Å². The molecule has 4 rings (SSSR count). The van der Waals surface area contributed by atoms with Crippen molar-refractivity contribution in [3.05, 3.63) is 65.0 Å². The van der Waals surface area contributed by atoms with Crippen LogP contribution in [0, 0.1) is 0 Å². The first-order valence-corrected chi connectivity index (χ1v) is 11.6. The van der Waals surface area contributed by atoms with E-state index >= 15 is 0 Å². The quantitative estimate of drug-likeness (QED) is 0.559. The van der Waals surface area contributed by atoms with Crippen molar-refractivity contribution in [2.24, 2.45) is 0 Å². The average Bonchev–Trinajstić information content (AvgIpc) is 3.46. The van der Waals surface area contributed by atoms with Crippen LogP contribution in [-0.4, -0.2) is 53.8 Å². The van der Waals surface area contributed by atoms with E-state index in [-0.39, 0.29) is 23.2 Å². The minimum atomic E-state index is -3.51. The molecule has 0 atom stereocenters. The molecule has 162 valence electrons. The van der Waals surface area contributed by atoms with Crippen molar-refractivity contribution in [1.29, 1.82) is 0 Å². The van der Waals surface area contributed by atoms with E-state index in [9.17, 15) is 13.2 Å². The van der Waals surface area contributed by atoms with E-state index in [1.54, 1.807) is 25.2 Å². The highest BCUT2D eigenvalue weighted by Crippen LogP contribution is 2.22. The first-order valence-electron chi connectivity index (χ1n) is 9.79. The van der Waals surface area contributed by atoms with Crippen LogP contribution < -0.4 is 0 Å².